The molecule has 142 valence electrons. The van der Waals surface area contributed by atoms with Crippen molar-refractivity contribution in [2.75, 3.05) is 32.2 Å². The van der Waals surface area contributed by atoms with Crippen LogP contribution in [0.2, 0.25) is 0 Å². The van der Waals surface area contributed by atoms with Crippen LogP contribution in [-0.4, -0.2) is 43.2 Å². The molecule has 0 radical (unpaired) electrons. The first-order chi connectivity index (χ1) is 13.0. The molecule has 1 N–H and O–H groups in total. The van der Waals surface area contributed by atoms with Gasteiger partial charge in [0, 0.05) is 25.3 Å². The Morgan fingerprint density at radius 1 is 1.22 bits per heavy atom. The topological polar surface area (TPSA) is 76.6 Å². The number of carbonyl (C=O) groups excluding carboxylic acids is 1. The molecule has 7 heteroatoms. The molecule has 2 aromatic rings. The lowest BCUT2D eigenvalue weighted by molar-refractivity contribution is 0.0953. The van der Waals surface area contributed by atoms with Gasteiger partial charge in [-0.2, -0.15) is 0 Å². The summed E-state index contributed by atoms with van der Waals surface area (Å²) in [6.45, 7) is 7.28. The average Bonchev–Trinajstić information content (AvgIpc) is 2.69. The van der Waals surface area contributed by atoms with Crippen molar-refractivity contribution < 1.29 is 14.3 Å². The zero-order chi connectivity index (χ0) is 19.4. The van der Waals surface area contributed by atoms with E-state index in [4.69, 9.17) is 9.47 Å². The van der Waals surface area contributed by atoms with Gasteiger partial charge in [-0.25, -0.2) is 9.97 Å². The Morgan fingerprint density at radius 3 is 2.59 bits per heavy atom. The Balaban J connectivity index is 1.87. The monoisotopic (exact) mass is 368 g/mol. The predicted molar refractivity (Wildman–Crippen MR) is 104 cm³/mol. The molecular weight excluding hydrogens is 344 g/mol. The molecule has 27 heavy (non-hydrogen) atoms. The van der Waals surface area contributed by atoms with Crippen LogP contribution in [0.1, 0.15) is 27.3 Å². The van der Waals surface area contributed by atoms with Gasteiger partial charge >= 0.3 is 0 Å². The number of carbonyl (C=O) groups is 1. The fraction of sp³-hybridized carbons (Fsp3) is 0.350. The van der Waals surface area contributed by atoms with Gasteiger partial charge in [0.2, 0.25) is 5.95 Å². The highest BCUT2D eigenvalue weighted by Gasteiger charge is 2.22. The molecule has 1 aromatic heterocycles. The number of hydrogen-bond acceptors (Lipinski definition) is 6. The normalized spacial score (nSPS) is 12.9. The van der Waals surface area contributed by atoms with Crippen LogP contribution in [-0.2, 0) is 13.0 Å². The number of methoxy groups -OCH3 is 2. The van der Waals surface area contributed by atoms with Crippen molar-refractivity contribution in [1.82, 2.24) is 15.3 Å². The van der Waals surface area contributed by atoms with Crippen LogP contribution in [0.25, 0.3) is 0 Å². The van der Waals surface area contributed by atoms with Crippen LogP contribution in [0, 0.1) is 6.92 Å². The van der Waals surface area contributed by atoms with Crippen LogP contribution >= 0.6 is 0 Å². The highest BCUT2D eigenvalue weighted by Crippen LogP contribution is 2.33. The molecule has 0 aliphatic carbocycles. The Morgan fingerprint density at radius 2 is 1.93 bits per heavy atom. The summed E-state index contributed by atoms with van der Waals surface area (Å²) in [6, 6.07) is 5.71. The van der Waals surface area contributed by atoms with Crippen LogP contribution in [0.4, 0.5) is 5.95 Å². The van der Waals surface area contributed by atoms with E-state index in [9.17, 15) is 4.79 Å². The zero-order valence-electron chi connectivity index (χ0n) is 15.9. The number of aryl methyl sites for hydroxylation is 1. The number of benzene rings is 1. The van der Waals surface area contributed by atoms with Gasteiger partial charge in [0.05, 0.1) is 14.2 Å². The lowest BCUT2D eigenvalue weighted by atomic mass is 9.99. The third-order valence-electron chi connectivity index (χ3n) is 4.48. The summed E-state index contributed by atoms with van der Waals surface area (Å²) in [6.07, 6.45) is 2.47. The summed E-state index contributed by atoms with van der Waals surface area (Å²) in [7, 11) is 3.27. The summed E-state index contributed by atoms with van der Waals surface area (Å²) in [5, 5.41) is 2.75. The molecule has 7 nitrogen and oxygen atoms in total. The molecule has 1 aromatic carbocycles. The molecule has 1 aliphatic rings. The second kappa shape index (κ2) is 8.07. The first kappa shape index (κ1) is 18.7. The minimum absolute atomic E-state index is 0.231. The van der Waals surface area contributed by atoms with E-state index in [0.717, 1.165) is 30.0 Å². The average molecular weight is 368 g/mol. The van der Waals surface area contributed by atoms with E-state index in [1.807, 2.05) is 19.1 Å². The lowest BCUT2D eigenvalue weighted by Crippen LogP contribution is -2.33. The van der Waals surface area contributed by atoms with E-state index < -0.39 is 0 Å². The maximum atomic E-state index is 12.2. The Hall–Kier alpha value is -3.09. The maximum Gasteiger partial charge on any atom is 0.270 e. The number of anilines is 1. The minimum atomic E-state index is -0.231. The van der Waals surface area contributed by atoms with Gasteiger partial charge < -0.3 is 19.7 Å². The van der Waals surface area contributed by atoms with Crippen molar-refractivity contribution in [3.63, 3.8) is 0 Å². The molecule has 0 spiro atoms. The summed E-state index contributed by atoms with van der Waals surface area (Å²) < 4.78 is 10.8. The summed E-state index contributed by atoms with van der Waals surface area (Å²) in [5.41, 5.74) is 3.47. The quantitative estimate of drug-likeness (QED) is 0.789. The molecule has 0 saturated heterocycles. The van der Waals surface area contributed by atoms with Crippen LogP contribution < -0.4 is 19.7 Å². The fourth-order valence-electron chi connectivity index (χ4n) is 3.12. The molecule has 0 saturated carbocycles. The van der Waals surface area contributed by atoms with Crippen molar-refractivity contribution in [2.24, 2.45) is 0 Å². The van der Waals surface area contributed by atoms with Gasteiger partial charge in [-0.15, -0.1) is 6.58 Å². The smallest absolute Gasteiger partial charge is 0.270 e. The van der Waals surface area contributed by atoms with Crippen molar-refractivity contribution in [3.8, 4) is 11.5 Å². The highest BCUT2D eigenvalue weighted by molar-refractivity contribution is 5.92. The van der Waals surface area contributed by atoms with E-state index in [0.29, 0.717) is 30.5 Å². The standard InChI is InChI=1S/C20H24N4O3/c1-5-7-21-19(25)16-9-13(2)22-20(23-16)24-8-6-14-10-17(26-3)18(27-4)11-15(14)12-24/h5,9-11H,1,6-8,12H2,2-4H3,(H,21,25). The number of amides is 1. The SMILES string of the molecule is C=CCNC(=O)c1cc(C)nc(N2CCc3cc(OC)c(OC)cc3C2)n1. The number of aromatic nitrogens is 2. The van der Waals surface area contributed by atoms with E-state index in [2.05, 4.69) is 26.8 Å². The number of nitrogens with zero attached hydrogens (tertiary/aromatic N) is 3. The van der Waals surface area contributed by atoms with Gasteiger partial charge in [-0.3, -0.25) is 4.79 Å². The lowest BCUT2D eigenvalue weighted by Gasteiger charge is -2.30. The summed E-state index contributed by atoms with van der Waals surface area (Å²) in [4.78, 5) is 23.3. The first-order valence-electron chi connectivity index (χ1n) is 8.79. The predicted octanol–water partition coefficient (Wildman–Crippen LogP) is 2.28. The Kier molecular flexibility index (Phi) is 5.59. The van der Waals surface area contributed by atoms with Crippen molar-refractivity contribution in [1.29, 1.82) is 0 Å². The number of rotatable bonds is 6. The molecule has 3 rings (SSSR count). The van der Waals surface area contributed by atoms with Crippen LogP contribution in [0.3, 0.4) is 0 Å². The molecule has 0 fully saturated rings. The second-order valence-corrected chi connectivity index (χ2v) is 6.34. The van der Waals surface area contributed by atoms with E-state index in [-0.39, 0.29) is 5.91 Å². The molecule has 1 aliphatic heterocycles. The molecule has 0 atom stereocenters. The van der Waals surface area contributed by atoms with Gasteiger partial charge in [0.15, 0.2) is 11.5 Å². The third-order valence-corrected chi connectivity index (χ3v) is 4.48. The fourth-order valence-corrected chi connectivity index (χ4v) is 3.12. The van der Waals surface area contributed by atoms with Gasteiger partial charge in [-0.1, -0.05) is 6.08 Å². The first-order valence-corrected chi connectivity index (χ1v) is 8.79. The second-order valence-electron chi connectivity index (χ2n) is 6.34. The summed E-state index contributed by atoms with van der Waals surface area (Å²) in [5.74, 6) is 1.76. The van der Waals surface area contributed by atoms with Crippen molar-refractivity contribution in [2.45, 2.75) is 19.9 Å². The Bertz CT molecular complexity index is 867. The largest absolute Gasteiger partial charge is 0.493 e. The highest BCUT2D eigenvalue weighted by atomic mass is 16.5. The molecule has 0 unspecified atom stereocenters. The van der Waals surface area contributed by atoms with Gasteiger partial charge in [0.25, 0.3) is 5.91 Å². The molecular formula is C20H24N4O3. The van der Waals surface area contributed by atoms with Gasteiger partial charge in [-0.05, 0) is 42.7 Å². The van der Waals surface area contributed by atoms with E-state index in [1.54, 1.807) is 26.4 Å². The number of nitrogens with one attached hydrogen (secondary N) is 1. The maximum absolute atomic E-state index is 12.2. The van der Waals surface area contributed by atoms with Crippen molar-refractivity contribution >= 4 is 11.9 Å². The Labute approximate surface area is 159 Å². The molecule has 1 amide bonds. The number of hydrogen-bond donors (Lipinski definition) is 1. The number of ether oxygens (including phenoxy) is 2. The minimum Gasteiger partial charge on any atom is -0.493 e. The summed E-state index contributed by atoms with van der Waals surface area (Å²) >= 11 is 0. The molecule has 2 heterocycles. The molecule has 0 bridgehead atoms. The van der Waals surface area contributed by atoms with E-state index >= 15 is 0 Å². The van der Waals surface area contributed by atoms with E-state index in [1.165, 1.54) is 5.56 Å². The van der Waals surface area contributed by atoms with Crippen LogP contribution in [0.15, 0.2) is 30.9 Å². The van der Waals surface area contributed by atoms with Crippen molar-refractivity contribution in [3.05, 3.63) is 53.4 Å². The third kappa shape index (κ3) is 4.02. The van der Waals surface area contributed by atoms with Crippen LogP contribution in [0.5, 0.6) is 11.5 Å². The van der Waals surface area contributed by atoms with Gasteiger partial charge in [0.1, 0.15) is 5.69 Å². The number of fused-ring (bicyclic) bond motifs is 1. The zero-order valence-corrected chi connectivity index (χ0v) is 15.9.